The van der Waals surface area contributed by atoms with E-state index < -0.39 is 17.5 Å². The lowest BCUT2D eigenvalue weighted by atomic mass is 10.0. The lowest BCUT2D eigenvalue weighted by Gasteiger charge is -2.12. The lowest BCUT2D eigenvalue weighted by Crippen LogP contribution is -2.30. The van der Waals surface area contributed by atoms with Crippen LogP contribution < -0.4 is 10.6 Å². The number of benzene rings is 1. The molecule has 152 valence electrons. The van der Waals surface area contributed by atoms with E-state index in [1.54, 1.807) is 13.8 Å². The van der Waals surface area contributed by atoms with Gasteiger partial charge in [0.1, 0.15) is 22.8 Å². The summed E-state index contributed by atoms with van der Waals surface area (Å²) in [5, 5.41) is 13.7. The largest absolute Gasteiger partial charge is 0.387 e. The molecule has 0 aliphatic rings. The summed E-state index contributed by atoms with van der Waals surface area (Å²) >= 11 is -0.155. The van der Waals surface area contributed by atoms with E-state index in [0.29, 0.717) is 6.07 Å². The first-order valence-electron chi connectivity index (χ1n) is 8.51. The minimum absolute atomic E-state index is 0.0558. The van der Waals surface area contributed by atoms with Crippen molar-refractivity contribution in [2.75, 3.05) is 12.4 Å². The van der Waals surface area contributed by atoms with Gasteiger partial charge >= 0.3 is 0 Å². The van der Waals surface area contributed by atoms with Gasteiger partial charge in [0.25, 0.3) is 5.91 Å². The number of aromatic nitrogens is 3. The minimum atomic E-state index is -0.948. The van der Waals surface area contributed by atoms with Crippen LogP contribution in [0.2, 0.25) is 0 Å². The van der Waals surface area contributed by atoms with Gasteiger partial charge in [0, 0.05) is 31.0 Å². The Morgan fingerprint density at radius 3 is 2.66 bits per heavy atom. The highest BCUT2D eigenvalue weighted by molar-refractivity contribution is 7.92. The van der Waals surface area contributed by atoms with Crippen LogP contribution in [-0.2, 0) is 0 Å². The van der Waals surface area contributed by atoms with Crippen molar-refractivity contribution in [3.05, 3.63) is 53.0 Å². The maximum atomic E-state index is 14.4. The molecule has 0 spiro atoms. The van der Waals surface area contributed by atoms with Gasteiger partial charge in [-0.25, -0.2) is 22.7 Å². The molecule has 2 aromatic heterocycles. The summed E-state index contributed by atoms with van der Waals surface area (Å²) in [7, 11) is 1.47. The smallest absolute Gasteiger partial charge is 0.255 e. The van der Waals surface area contributed by atoms with E-state index >= 15 is 0 Å². The summed E-state index contributed by atoms with van der Waals surface area (Å²) in [4.78, 5) is 20.8. The molecule has 3 rings (SSSR count). The van der Waals surface area contributed by atoms with Crippen LogP contribution in [0.4, 0.5) is 18.4 Å². The predicted molar refractivity (Wildman–Crippen MR) is 106 cm³/mol. The predicted octanol–water partition coefficient (Wildman–Crippen LogP) is 3.69. The van der Waals surface area contributed by atoms with Crippen LogP contribution in [0, 0.1) is 17.0 Å². The van der Waals surface area contributed by atoms with Crippen molar-refractivity contribution in [2.24, 2.45) is 0 Å². The molecule has 29 heavy (non-hydrogen) atoms. The number of carbonyl (C=O) groups excluding carboxylic acids is 1. The maximum Gasteiger partial charge on any atom is 0.255 e. The normalized spacial score (nSPS) is 11.1. The lowest BCUT2D eigenvalue weighted by molar-refractivity contribution is 0.0944. The van der Waals surface area contributed by atoms with Gasteiger partial charge in [0.05, 0.1) is 23.0 Å². The summed E-state index contributed by atoms with van der Waals surface area (Å²) in [6, 6.07) is 1.55. The van der Waals surface area contributed by atoms with E-state index in [1.165, 1.54) is 19.4 Å². The van der Waals surface area contributed by atoms with Crippen LogP contribution >= 0.6 is 12.3 Å². The van der Waals surface area contributed by atoms with E-state index in [9.17, 15) is 17.5 Å². The molecule has 0 saturated carbocycles. The van der Waals surface area contributed by atoms with E-state index in [-0.39, 0.29) is 57.8 Å². The highest BCUT2D eigenvalue weighted by atomic mass is 32.2. The maximum absolute atomic E-state index is 14.4. The topological polar surface area (TPSA) is 95.7 Å². The molecule has 0 aliphatic heterocycles. The molecule has 0 aliphatic carbocycles. The van der Waals surface area contributed by atoms with Gasteiger partial charge in [0.2, 0.25) is 0 Å². The van der Waals surface area contributed by atoms with E-state index in [2.05, 4.69) is 20.6 Å². The number of hydrogen-bond acceptors (Lipinski definition) is 6. The summed E-state index contributed by atoms with van der Waals surface area (Å²) in [5.41, 5.74) is -0.356. The Hall–Kier alpha value is -3.08. The second-order valence-corrected chi connectivity index (χ2v) is 6.96. The van der Waals surface area contributed by atoms with Crippen molar-refractivity contribution >= 4 is 40.8 Å². The van der Waals surface area contributed by atoms with Gasteiger partial charge in [0.15, 0.2) is 18.0 Å². The second-order valence-electron chi connectivity index (χ2n) is 6.43. The van der Waals surface area contributed by atoms with E-state index in [4.69, 9.17) is 5.41 Å². The Balaban J connectivity index is 2.15. The number of fused-ring (bicyclic) bond motifs is 1. The van der Waals surface area contributed by atoms with Crippen molar-refractivity contribution in [3.63, 3.8) is 0 Å². The Bertz CT molecular complexity index is 1110. The van der Waals surface area contributed by atoms with Crippen LogP contribution in [-0.4, -0.2) is 38.6 Å². The summed E-state index contributed by atoms with van der Waals surface area (Å²) in [5.74, 6) is -2.23. The number of carbonyl (C=O) groups is 1. The summed E-state index contributed by atoms with van der Waals surface area (Å²) in [6.45, 7) is 3.54. The van der Waals surface area contributed by atoms with Gasteiger partial charge in [-0.3, -0.25) is 10.2 Å². The Morgan fingerprint density at radius 1 is 1.31 bits per heavy atom. The third-order valence-electron chi connectivity index (χ3n) is 4.03. The van der Waals surface area contributed by atoms with Gasteiger partial charge in [-0.2, -0.15) is 0 Å². The van der Waals surface area contributed by atoms with E-state index in [1.807, 2.05) is 0 Å². The summed E-state index contributed by atoms with van der Waals surface area (Å²) < 4.78 is 42.1. The first-order valence-corrected chi connectivity index (χ1v) is 9.18. The number of nitrogens with zero attached hydrogens (tertiary/aromatic N) is 3. The highest BCUT2D eigenvalue weighted by Crippen LogP contribution is 2.26. The second kappa shape index (κ2) is 8.11. The third kappa shape index (κ3) is 3.90. The molecule has 2 heterocycles. The first-order chi connectivity index (χ1) is 13.8. The van der Waals surface area contributed by atoms with Crippen molar-refractivity contribution in [1.29, 1.82) is 5.41 Å². The molecule has 3 aromatic rings. The average Bonchev–Trinajstić information content (AvgIpc) is 3.04. The number of halogens is 3. The average molecular weight is 422 g/mol. The third-order valence-corrected chi connectivity index (χ3v) is 4.46. The van der Waals surface area contributed by atoms with Crippen molar-refractivity contribution in [2.45, 2.75) is 19.9 Å². The number of amides is 1. The fourth-order valence-electron chi connectivity index (χ4n) is 2.80. The van der Waals surface area contributed by atoms with Crippen LogP contribution in [0.3, 0.4) is 0 Å². The zero-order chi connectivity index (χ0) is 21.3. The molecule has 0 radical (unpaired) electrons. The summed E-state index contributed by atoms with van der Waals surface area (Å²) in [6.07, 6.45) is 2.42. The minimum Gasteiger partial charge on any atom is -0.387 e. The number of anilines is 1. The molecule has 11 heteroatoms. The van der Waals surface area contributed by atoms with Gasteiger partial charge < -0.3 is 10.6 Å². The standard InChI is InChI=1S/C18H17F3N6OS/c1-8(2)25-18(28)10-7-27(29-21)17-16(10)26-13(6-24-17)15(22)14-11(20)4-9(19)5-12(14)23-3/h4-8,22-23H,1-3H3,(H,25,28). The molecule has 0 fully saturated rings. The monoisotopic (exact) mass is 422 g/mol. The van der Waals surface area contributed by atoms with Gasteiger partial charge in [-0.1, -0.05) is 0 Å². The molecule has 0 atom stereocenters. The quantitative estimate of drug-likeness (QED) is 0.527. The molecule has 0 bridgehead atoms. The molecule has 1 aromatic carbocycles. The first kappa shape index (κ1) is 20.6. The molecule has 0 saturated heterocycles. The Kier molecular flexibility index (Phi) is 5.78. The fraction of sp³-hybridized carbons (Fsp3) is 0.222. The van der Waals surface area contributed by atoms with Gasteiger partial charge in [-0.15, -0.1) is 3.89 Å². The number of hydrogen-bond donors (Lipinski definition) is 3. The van der Waals surface area contributed by atoms with Crippen LogP contribution in [0.5, 0.6) is 0 Å². The SMILES string of the molecule is CNc1cc(F)cc(F)c1C(=N)c1cnc2c(n1)c(C(=O)NC(C)C)cn2SF. The van der Waals surface area contributed by atoms with Gasteiger partial charge in [-0.05, 0) is 19.9 Å². The van der Waals surface area contributed by atoms with Crippen molar-refractivity contribution < 1.29 is 17.5 Å². The Labute approximate surface area is 168 Å². The molecular weight excluding hydrogens is 405 g/mol. The molecule has 1 amide bonds. The van der Waals surface area contributed by atoms with Crippen LogP contribution in [0.25, 0.3) is 11.2 Å². The van der Waals surface area contributed by atoms with Crippen molar-refractivity contribution in [1.82, 2.24) is 19.3 Å². The zero-order valence-corrected chi connectivity index (χ0v) is 16.5. The molecule has 7 nitrogen and oxygen atoms in total. The fourth-order valence-corrected chi connectivity index (χ4v) is 3.14. The number of rotatable bonds is 6. The molecular formula is C18H17F3N6OS. The van der Waals surface area contributed by atoms with E-state index in [0.717, 1.165) is 10.0 Å². The van der Waals surface area contributed by atoms with Crippen LogP contribution in [0.1, 0.15) is 35.5 Å². The molecule has 0 unspecified atom stereocenters. The Morgan fingerprint density at radius 2 is 2.03 bits per heavy atom. The number of nitrogens with one attached hydrogen (secondary N) is 3. The van der Waals surface area contributed by atoms with Crippen LogP contribution in [0.15, 0.2) is 24.5 Å². The van der Waals surface area contributed by atoms with Crippen molar-refractivity contribution in [3.8, 4) is 0 Å². The zero-order valence-electron chi connectivity index (χ0n) is 15.7. The molecule has 3 N–H and O–H groups in total. The highest BCUT2D eigenvalue weighted by Gasteiger charge is 2.22.